The van der Waals surface area contributed by atoms with E-state index in [2.05, 4.69) is 10.6 Å². The Morgan fingerprint density at radius 2 is 2.41 bits per heavy atom. The highest BCUT2D eigenvalue weighted by Gasteiger charge is 2.25. The van der Waals surface area contributed by atoms with Crippen LogP contribution in [0.25, 0.3) is 0 Å². The summed E-state index contributed by atoms with van der Waals surface area (Å²) >= 11 is 0. The predicted octanol–water partition coefficient (Wildman–Crippen LogP) is 0.908. The minimum Gasteiger partial charge on any atom is -0.449 e. The van der Waals surface area contributed by atoms with Crippen LogP contribution >= 0.6 is 0 Å². The minimum absolute atomic E-state index is 0.0135. The Bertz CT molecular complexity index is 443. The second-order valence-electron chi connectivity index (χ2n) is 4.26. The number of rotatable bonds is 5. The van der Waals surface area contributed by atoms with Gasteiger partial charge in [-0.05, 0) is 31.9 Å². The van der Waals surface area contributed by atoms with Crippen LogP contribution in [0.1, 0.15) is 31.3 Å². The molecule has 1 unspecified atom stereocenters. The standard InChI is InChI=1S/C12H15N3O2/c1-8(12(16)15-9-2-3-9)14-7-11-5-4-10(6-13)17-11/h4-5,8-9,14H,2-3,7H2,1H3,(H,15,16). The number of amides is 1. The van der Waals surface area contributed by atoms with Crippen LogP contribution in [0.3, 0.4) is 0 Å². The fourth-order valence-corrected chi connectivity index (χ4v) is 1.43. The van der Waals surface area contributed by atoms with Gasteiger partial charge in [-0.25, -0.2) is 0 Å². The largest absolute Gasteiger partial charge is 0.449 e. The van der Waals surface area contributed by atoms with E-state index in [9.17, 15) is 4.79 Å². The first-order chi connectivity index (χ1) is 8.19. The summed E-state index contributed by atoms with van der Waals surface area (Å²) in [5, 5.41) is 14.6. The van der Waals surface area contributed by atoms with Crippen LogP contribution in [0.5, 0.6) is 0 Å². The molecule has 17 heavy (non-hydrogen) atoms. The molecule has 1 aliphatic rings. The zero-order valence-corrected chi connectivity index (χ0v) is 9.69. The van der Waals surface area contributed by atoms with E-state index in [0.29, 0.717) is 18.3 Å². The van der Waals surface area contributed by atoms with Crippen LogP contribution in [0.15, 0.2) is 16.5 Å². The van der Waals surface area contributed by atoms with Gasteiger partial charge in [-0.2, -0.15) is 5.26 Å². The summed E-state index contributed by atoms with van der Waals surface area (Å²) in [6.07, 6.45) is 2.17. The molecule has 5 heteroatoms. The first-order valence-electron chi connectivity index (χ1n) is 5.71. The second-order valence-corrected chi connectivity index (χ2v) is 4.26. The molecule has 0 aliphatic heterocycles. The highest BCUT2D eigenvalue weighted by molar-refractivity contribution is 5.81. The fraction of sp³-hybridized carbons (Fsp3) is 0.500. The van der Waals surface area contributed by atoms with Crippen molar-refractivity contribution in [2.45, 2.75) is 38.4 Å². The van der Waals surface area contributed by atoms with Crippen molar-refractivity contribution in [3.05, 3.63) is 23.7 Å². The lowest BCUT2D eigenvalue weighted by atomic mass is 10.3. The fourth-order valence-electron chi connectivity index (χ4n) is 1.43. The highest BCUT2D eigenvalue weighted by Crippen LogP contribution is 2.18. The average Bonchev–Trinajstić information content (AvgIpc) is 3.02. The van der Waals surface area contributed by atoms with Crippen LogP contribution < -0.4 is 10.6 Å². The molecule has 5 nitrogen and oxygen atoms in total. The van der Waals surface area contributed by atoms with E-state index in [-0.39, 0.29) is 17.7 Å². The third-order valence-corrected chi connectivity index (χ3v) is 2.67. The SMILES string of the molecule is CC(NCc1ccc(C#N)o1)C(=O)NC1CC1. The van der Waals surface area contributed by atoms with Crippen LogP contribution in [-0.4, -0.2) is 18.0 Å². The molecule has 90 valence electrons. The van der Waals surface area contributed by atoms with Crippen molar-refractivity contribution >= 4 is 5.91 Å². The molecular formula is C12H15N3O2. The van der Waals surface area contributed by atoms with Gasteiger partial charge in [0.2, 0.25) is 11.7 Å². The van der Waals surface area contributed by atoms with E-state index in [1.807, 2.05) is 13.0 Å². The third-order valence-electron chi connectivity index (χ3n) is 2.67. The summed E-state index contributed by atoms with van der Waals surface area (Å²) in [6.45, 7) is 2.26. The molecule has 2 rings (SSSR count). The summed E-state index contributed by atoms with van der Waals surface area (Å²) in [7, 11) is 0. The van der Waals surface area contributed by atoms with Crippen LogP contribution in [0.4, 0.5) is 0 Å². The maximum Gasteiger partial charge on any atom is 0.237 e. The number of hydrogen-bond acceptors (Lipinski definition) is 4. The highest BCUT2D eigenvalue weighted by atomic mass is 16.3. The van der Waals surface area contributed by atoms with E-state index in [0.717, 1.165) is 12.8 Å². The molecule has 1 aromatic rings. The van der Waals surface area contributed by atoms with Gasteiger partial charge in [0.25, 0.3) is 0 Å². The number of carbonyl (C=O) groups excluding carboxylic acids is 1. The summed E-state index contributed by atoms with van der Waals surface area (Å²) < 4.78 is 5.20. The van der Waals surface area contributed by atoms with Crippen molar-refractivity contribution in [1.29, 1.82) is 5.26 Å². The van der Waals surface area contributed by atoms with Gasteiger partial charge in [-0.1, -0.05) is 0 Å². The van der Waals surface area contributed by atoms with Crippen molar-refractivity contribution in [3.63, 3.8) is 0 Å². The monoisotopic (exact) mass is 233 g/mol. The molecule has 1 atom stereocenters. The molecule has 1 aliphatic carbocycles. The normalized spacial score (nSPS) is 16.2. The summed E-state index contributed by atoms with van der Waals surface area (Å²) in [5.41, 5.74) is 0. The Hall–Kier alpha value is -1.80. The Labute approximate surface area is 99.8 Å². The molecular weight excluding hydrogens is 218 g/mol. The van der Waals surface area contributed by atoms with Crippen molar-refractivity contribution in [2.24, 2.45) is 0 Å². The van der Waals surface area contributed by atoms with Gasteiger partial charge in [-0.15, -0.1) is 0 Å². The van der Waals surface area contributed by atoms with Crippen LogP contribution in [-0.2, 0) is 11.3 Å². The molecule has 1 saturated carbocycles. The van der Waals surface area contributed by atoms with Gasteiger partial charge in [0, 0.05) is 6.04 Å². The second kappa shape index (κ2) is 5.02. The molecule has 0 spiro atoms. The molecule has 2 N–H and O–H groups in total. The molecule has 1 heterocycles. The van der Waals surface area contributed by atoms with Gasteiger partial charge < -0.3 is 9.73 Å². The number of hydrogen-bond donors (Lipinski definition) is 2. The molecule has 1 amide bonds. The summed E-state index contributed by atoms with van der Waals surface area (Å²) in [4.78, 5) is 11.6. The number of carbonyl (C=O) groups is 1. The maximum atomic E-state index is 11.6. The zero-order chi connectivity index (χ0) is 12.3. The predicted molar refractivity (Wildman–Crippen MR) is 60.9 cm³/mol. The van der Waals surface area contributed by atoms with E-state index < -0.39 is 0 Å². The Morgan fingerprint density at radius 3 is 3.00 bits per heavy atom. The molecule has 0 saturated heterocycles. The lowest BCUT2D eigenvalue weighted by Gasteiger charge is -2.12. The first kappa shape index (κ1) is 11.7. The summed E-state index contributed by atoms with van der Waals surface area (Å²) in [5.74, 6) is 0.962. The Balaban J connectivity index is 1.76. The molecule has 1 aromatic heterocycles. The van der Waals surface area contributed by atoms with Crippen LogP contribution in [0, 0.1) is 11.3 Å². The minimum atomic E-state index is -0.258. The molecule has 1 fully saturated rings. The zero-order valence-electron chi connectivity index (χ0n) is 9.69. The average molecular weight is 233 g/mol. The van der Waals surface area contributed by atoms with E-state index in [1.165, 1.54) is 0 Å². The van der Waals surface area contributed by atoms with Gasteiger partial charge in [0.15, 0.2) is 0 Å². The first-order valence-corrected chi connectivity index (χ1v) is 5.71. The maximum absolute atomic E-state index is 11.6. The van der Waals surface area contributed by atoms with Crippen molar-refractivity contribution in [1.82, 2.24) is 10.6 Å². The number of nitrogens with one attached hydrogen (secondary N) is 2. The van der Waals surface area contributed by atoms with Gasteiger partial charge >= 0.3 is 0 Å². The smallest absolute Gasteiger partial charge is 0.237 e. The number of nitriles is 1. The van der Waals surface area contributed by atoms with E-state index in [4.69, 9.17) is 9.68 Å². The van der Waals surface area contributed by atoms with Crippen molar-refractivity contribution < 1.29 is 9.21 Å². The lowest BCUT2D eigenvalue weighted by Crippen LogP contribution is -2.42. The van der Waals surface area contributed by atoms with Gasteiger partial charge in [0.1, 0.15) is 11.8 Å². The molecule has 0 radical (unpaired) electrons. The van der Waals surface area contributed by atoms with Gasteiger partial charge in [-0.3, -0.25) is 10.1 Å². The van der Waals surface area contributed by atoms with Gasteiger partial charge in [0.05, 0.1) is 12.6 Å². The molecule has 0 bridgehead atoms. The number of furan rings is 1. The lowest BCUT2D eigenvalue weighted by molar-refractivity contribution is -0.122. The summed E-state index contributed by atoms with van der Waals surface area (Å²) in [6, 6.07) is 5.39. The van der Waals surface area contributed by atoms with Crippen molar-refractivity contribution in [3.8, 4) is 6.07 Å². The Kier molecular flexibility index (Phi) is 3.45. The Morgan fingerprint density at radius 1 is 1.65 bits per heavy atom. The van der Waals surface area contributed by atoms with Crippen molar-refractivity contribution in [2.75, 3.05) is 0 Å². The quantitative estimate of drug-likeness (QED) is 0.792. The number of nitrogens with zero attached hydrogens (tertiary/aromatic N) is 1. The third kappa shape index (κ3) is 3.33. The topological polar surface area (TPSA) is 78.1 Å². The molecule has 0 aromatic carbocycles. The van der Waals surface area contributed by atoms with E-state index in [1.54, 1.807) is 12.1 Å². The van der Waals surface area contributed by atoms with E-state index >= 15 is 0 Å². The van der Waals surface area contributed by atoms with Crippen LogP contribution in [0.2, 0.25) is 0 Å².